The number of rotatable bonds is 3. The lowest BCUT2D eigenvalue weighted by Gasteiger charge is -2.36. The minimum Gasteiger partial charge on any atom is -0.342 e. The first-order chi connectivity index (χ1) is 14.1. The van der Waals surface area contributed by atoms with Crippen molar-refractivity contribution in [2.24, 2.45) is 11.8 Å². The number of ketones is 1. The van der Waals surface area contributed by atoms with Gasteiger partial charge in [0, 0.05) is 30.5 Å². The smallest absolute Gasteiger partial charge is 0.225 e. The molecule has 0 N–H and O–H groups in total. The summed E-state index contributed by atoms with van der Waals surface area (Å²) >= 11 is 0. The van der Waals surface area contributed by atoms with Crippen LogP contribution in [0.1, 0.15) is 47.2 Å². The molecule has 1 aliphatic carbocycles. The van der Waals surface area contributed by atoms with Gasteiger partial charge < -0.3 is 9.80 Å². The van der Waals surface area contributed by atoms with Gasteiger partial charge in [0.15, 0.2) is 5.78 Å². The molecule has 0 radical (unpaired) electrons. The quantitative estimate of drug-likeness (QED) is 0.751. The van der Waals surface area contributed by atoms with Crippen LogP contribution in [0, 0.1) is 11.8 Å². The van der Waals surface area contributed by atoms with Crippen LogP contribution in [0.3, 0.4) is 0 Å². The molecule has 1 atom stereocenters. The van der Waals surface area contributed by atoms with Crippen molar-refractivity contribution in [3.05, 3.63) is 47.0 Å². The van der Waals surface area contributed by atoms with Gasteiger partial charge in [0.2, 0.25) is 5.91 Å². The maximum Gasteiger partial charge on any atom is 0.225 e. The first-order valence-electron chi connectivity index (χ1n) is 11.2. The summed E-state index contributed by atoms with van der Waals surface area (Å²) < 4.78 is 0. The van der Waals surface area contributed by atoms with Gasteiger partial charge in [0.05, 0.1) is 0 Å². The second kappa shape index (κ2) is 7.56. The molecule has 5 rings (SSSR count). The minimum absolute atomic E-state index is 0.0718. The van der Waals surface area contributed by atoms with Crippen molar-refractivity contribution in [2.75, 3.05) is 33.2 Å². The highest BCUT2D eigenvalue weighted by molar-refractivity contribution is 6.11. The molecule has 4 heteroatoms. The van der Waals surface area contributed by atoms with Crippen molar-refractivity contribution in [1.82, 2.24) is 9.80 Å². The van der Waals surface area contributed by atoms with Crippen molar-refractivity contribution in [1.29, 1.82) is 0 Å². The van der Waals surface area contributed by atoms with E-state index in [9.17, 15) is 9.59 Å². The van der Waals surface area contributed by atoms with Crippen LogP contribution in [0.15, 0.2) is 30.3 Å². The number of amides is 1. The molecule has 2 aromatic rings. The zero-order valence-corrected chi connectivity index (χ0v) is 17.3. The van der Waals surface area contributed by atoms with Gasteiger partial charge in [-0.1, -0.05) is 30.3 Å². The second-order valence-corrected chi connectivity index (χ2v) is 9.18. The van der Waals surface area contributed by atoms with E-state index in [2.05, 4.69) is 36.2 Å². The van der Waals surface area contributed by atoms with Gasteiger partial charge in [-0.05, 0) is 80.6 Å². The van der Waals surface area contributed by atoms with E-state index in [0.29, 0.717) is 6.54 Å². The van der Waals surface area contributed by atoms with Gasteiger partial charge in [-0.15, -0.1) is 0 Å². The van der Waals surface area contributed by atoms with E-state index in [1.807, 2.05) is 11.0 Å². The maximum atomic E-state index is 13.5. The van der Waals surface area contributed by atoms with Gasteiger partial charge in [0.25, 0.3) is 0 Å². The van der Waals surface area contributed by atoms with Crippen LogP contribution in [-0.4, -0.2) is 54.7 Å². The Morgan fingerprint density at radius 1 is 0.897 bits per heavy atom. The fourth-order valence-corrected chi connectivity index (χ4v) is 5.59. The number of hydrogen-bond donors (Lipinski definition) is 0. The largest absolute Gasteiger partial charge is 0.342 e. The molecule has 0 aromatic heterocycles. The SMILES string of the molecule is CN1CCC(C(=O)N2CCC[C@@H](C(=O)c3ccc4c5c(cccc35)CC4)C2)CC1. The number of Topliss-reactive ketones (excluding diaryl/α,β-unsaturated/α-hetero) is 1. The highest BCUT2D eigenvalue weighted by atomic mass is 16.2. The molecule has 4 nitrogen and oxygen atoms in total. The Morgan fingerprint density at radius 3 is 2.45 bits per heavy atom. The molecule has 0 saturated carbocycles. The van der Waals surface area contributed by atoms with E-state index in [1.165, 1.54) is 16.5 Å². The first kappa shape index (κ1) is 18.8. The molecule has 152 valence electrons. The van der Waals surface area contributed by atoms with Crippen LogP contribution >= 0.6 is 0 Å². The van der Waals surface area contributed by atoms with Gasteiger partial charge >= 0.3 is 0 Å². The summed E-state index contributed by atoms with van der Waals surface area (Å²) in [7, 11) is 2.12. The third-order valence-corrected chi connectivity index (χ3v) is 7.31. The summed E-state index contributed by atoms with van der Waals surface area (Å²) in [5.41, 5.74) is 3.59. The zero-order valence-electron chi connectivity index (χ0n) is 17.3. The molecule has 2 saturated heterocycles. The normalized spacial score (nSPS) is 22.9. The molecule has 2 heterocycles. The van der Waals surface area contributed by atoms with Crippen LogP contribution in [-0.2, 0) is 17.6 Å². The number of piperidine rings is 2. The number of carbonyl (C=O) groups is 2. The predicted octanol–water partition coefficient (Wildman–Crippen LogP) is 3.70. The molecule has 1 amide bonds. The van der Waals surface area contributed by atoms with E-state index >= 15 is 0 Å². The van der Waals surface area contributed by atoms with E-state index in [1.54, 1.807) is 0 Å². The van der Waals surface area contributed by atoms with E-state index in [0.717, 1.165) is 69.1 Å². The number of carbonyl (C=O) groups excluding carboxylic acids is 2. The van der Waals surface area contributed by atoms with Gasteiger partial charge in [-0.3, -0.25) is 9.59 Å². The molecule has 2 aliphatic heterocycles. The monoisotopic (exact) mass is 390 g/mol. The predicted molar refractivity (Wildman–Crippen MR) is 115 cm³/mol. The van der Waals surface area contributed by atoms with Crippen molar-refractivity contribution >= 4 is 22.5 Å². The summed E-state index contributed by atoms with van der Waals surface area (Å²) in [5, 5.41) is 2.41. The van der Waals surface area contributed by atoms with Crippen molar-refractivity contribution < 1.29 is 9.59 Å². The lowest BCUT2D eigenvalue weighted by molar-refractivity contribution is -0.138. The number of benzene rings is 2. The lowest BCUT2D eigenvalue weighted by atomic mass is 9.86. The van der Waals surface area contributed by atoms with Crippen LogP contribution in [0.4, 0.5) is 0 Å². The Balaban J connectivity index is 1.36. The number of likely N-dealkylation sites (tertiary alicyclic amines) is 2. The van der Waals surface area contributed by atoms with Crippen LogP contribution in [0.2, 0.25) is 0 Å². The number of hydrogen-bond acceptors (Lipinski definition) is 3. The number of aryl methyl sites for hydroxylation is 2. The molecule has 0 bridgehead atoms. The van der Waals surface area contributed by atoms with Crippen molar-refractivity contribution in [2.45, 2.75) is 38.5 Å². The number of nitrogens with zero attached hydrogens (tertiary/aromatic N) is 2. The van der Waals surface area contributed by atoms with E-state index in [4.69, 9.17) is 0 Å². The molecule has 0 unspecified atom stereocenters. The highest BCUT2D eigenvalue weighted by Crippen LogP contribution is 2.34. The molecule has 2 fully saturated rings. The third kappa shape index (κ3) is 3.38. The Kier molecular flexibility index (Phi) is 4.91. The maximum absolute atomic E-state index is 13.5. The molecule has 0 spiro atoms. The average Bonchev–Trinajstić information content (AvgIpc) is 3.19. The molecule has 3 aliphatic rings. The molecular weight excluding hydrogens is 360 g/mol. The Hall–Kier alpha value is -2.20. The van der Waals surface area contributed by atoms with Crippen LogP contribution in [0.25, 0.3) is 10.8 Å². The van der Waals surface area contributed by atoms with Gasteiger partial charge in [-0.25, -0.2) is 0 Å². The van der Waals surface area contributed by atoms with Crippen molar-refractivity contribution in [3.63, 3.8) is 0 Å². The Labute approximate surface area is 172 Å². The second-order valence-electron chi connectivity index (χ2n) is 9.18. The minimum atomic E-state index is -0.0718. The summed E-state index contributed by atoms with van der Waals surface area (Å²) in [5.74, 6) is 0.562. The summed E-state index contributed by atoms with van der Waals surface area (Å²) in [6.07, 6.45) is 5.85. The summed E-state index contributed by atoms with van der Waals surface area (Å²) in [6.45, 7) is 3.38. The summed E-state index contributed by atoms with van der Waals surface area (Å²) in [4.78, 5) is 30.9. The third-order valence-electron chi connectivity index (χ3n) is 7.31. The molecule has 2 aromatic carbocycles. The fraction of sp³-hybridized carbons (Fsp3) is 0.520. The molecule has 29 heavy (non-hydrogen) atoms. The van der Waals surface area contributed by atoms with E-state index in [-0.39, 0.29) is 23.5 Å². The molecular formula is C25H30N2O2. The Morgan fingerprint density at radius 2 is 1.66 bits per heavy atom. The van der Waals surface area contributed by atoms with Crippen LogP contribution in [0.5, 0.6) is 0 Å². The van der Waals surface area contributed by atoms with Gasteiger partial charge in [0.1, 0.15) is 0 Å². The summed E-state index contributed by atoms with van der Waals surface area (Å²) in [6, 6.07) is 10.6. The lowest BCUT2D eigenvalue weighted by Crippen LogP contribution is -2.47. The zero-order chi connectivity index (χ0) is 20.0. The standard InChI is InChI=1S/C25H30N2O2/c1-26-14-11-19(12-15-26)25(29)27-13-3-5-20(16-27)24(28)22-10-9-18-8-7-17-4-2-6-21(22)23(17)18/h2,4,6,9-10,19-20H,3,5,7-8,11-16H2,1H3/t20-/m1/s1. The van der Waals surface area contributed by atoms with Gasteiger partial charge in [-0.2, -0.15) is 0 Å². The topological polar surface area (TPSA) is 40.6 Å². The fourth-order valence-electron chi connectivity index (χ4n) is 5.59. The average molecular weight is 391 g/mol. The van der Waals surface area contributed by atoms with Crippen LogP contribution < -0.4 is 0 Å². The Bertz CT molecular complexity index is 948. The first-order valence-corrected chi connectivity index (χ1v) is 11.2. The van der Waals surface area contributed by atoms with E-state index < -0.39 is 0 Å². The van der Waals surface area contributed by atoms with Crippen molar-refractivity contribution in [3.8, 4) is 0 Å². The highest BCUT2D eigenvalue weighted by Gasteiger charge is 2.34.